The van der Waals surface area contributed by atoms with Crippen molar-refractivity contribution in [1.29, 1.82) is 0 Å². The molecule has 0 aromatic heterocycles. The Bertz CT molecular complexity index is 263. The van der Waals surface area contributed by atoms with Crippen molar-refractivity contribution >= 4 is 17.2 Å². The van der Waals surface area contributed by atoms with Crippen molar-refractivity contribution in [3.63, 3.8) is 0 Å². The van der Waals surface area contributed by atoms with E-state index in [0.717, 1.165) is 6.54 Å². The van der Waals surface area contributed by atoms with E-state index >= 15 is 0 Å². The third-order valence-electron chi connectivity index (χ3n) is 4.49. The molecule has 2 N–H and O–H groups in total. The predicted octanol–water partition coefficient (Wildman–Crippen LogP) is 3.42. The molecule has 0 spiro atoms. The average Bonchev–Trinajstić information content (AvgIpc) is 2.26. The summed E-state index contributed by atoms with van der Waals surface area (Å²) in [4.78, 5) is 7.60. The first-order valence-electron chi connectivity index (χ1n) is 7.23. The lowest BCUT2D eigenvalue weighted by molar-refractivity contribution is 0.597. The van der Waals surface area contributed by atoms with Crippen LogP contribution in [-0.2, 0) is 0 Å². The smallest absolute Gasteiger partial charge is 0.151 e. The standard InChI is InChI=1S/C14H34N2Si2/c1-10-15-18(9,11-2)13(4)12(3)16-17(8)14(5,6)7/h11-13,15-17H,2,10H2,1,3-9H3. The molecule has 0 radical (unpaired) electrons. The monoisotopic (exact) mass is 286 g/mol. The van der Waals surface area contributed by atoms with Crippen LogP contribution in [0.25, 0.3) is 0 Å². The summed E-state index contributed by atoms with van der Waals surface area (Å²) in [5.41, 5.74) is 2.86. The maximum Gasteiger partial charge on any atom is 0.151 e. The summed E-state index contributed by atoms with van der Waals surface area (Å²) in [5.74, 6) is 0. The van der Waals surface area contributed by atoms with Crippen molar-refractivity contribution < 1.29 is 0 Å². The van der Waals surface area contributed by atoms with E-state index in [1.807, 2.05) is 0 Å². The van der Waals surface area contributed by atoms with Crippen LogP contribution in [-0.4, -0.2) is 29.8 Å². The average molecular weight is 287 g/mol. The second kappa shape index (κ2) is 7.03. The third-order valence-corrected chi connectivity index (χ3v) is 12.5. The van der Waals surface area contributed by atoms with E-state index in [4.69, 9.17) is 0 Å². The molecule has 0 heterocycles. The Morgan fingerprint density at radius 2 is 1.83 bits per heavy atom. The van der Waals surface area contributed by atoms with Crippen LogP contribution in [0.15, 0.2) is 12.3 Å². The van der Waals surface area contributed by atoms with Gasteiger partial charge in [0.2, 0.25) is 0 Å². The Labute approximate surface area is 117 Å². The highest BCUT2D eigenvalue weighted by Crippen LogP contribution is 2.28. The fourth-order valence-electron chi connectivity index (χ4n) is 2.11. The lowest BCUT2D eigenvalue weighted by Crippen LogP contribution is -2.56. The van der Waals surface area contributed by atoms with Gasteiger partial charge in [-0.25, -0.2) is 0 Å². The molecule has 4 atom stereocenters. The van der Waals surface area contributed by atoms with Crippen molar-refractivity contribution in [2.45, 2.75) is 71.3 Å². The van der Waals surface area contributed by atoms with Crippen LogP contribution in [0.3, 0.4) is 0 Å². The minimum Gasteiger partial charge on any atom is -0.337 e. The fourth-order valence-corrected chi connectivity index (χ4v) is 6.61. The quantitative estimate of drug-likeness (QED) is 0.701. The summed E-state index contributed by atoms with van der Waals surface area (Å²) in [6.07, 6.45) is 0. The largest absolute Gasteiger partial charge is 0.337 e. The van der Waals surface area contributed by atoms with Gasteiger partial charge >= 0.3 is 0 Å². The Morgan fingerprint density at radius 3 is 2.17 bits per heavy atom. The zero-order chi connectivity index (χ0) is 14.6. The topological polar surface area (TPSA) is 24.1 Å². The van der Waals surface area contributed by atoms with Gasteiger partial charge in [-0.2, -0.15) is 0 Å². The highest BCUT2D eigenvalue weighted by Gasteiger charge is 2.35. The van der Waals surface area contributed by atoms with Gasteiger partial charge in [-0.05, 0) is 23.2 Å². The van der Waals surface area contributed by atoms with E-state index in [9.17, 15) is 0 Å². The summed E-state index contributed by atoms with van der Waals surface area (Å²) in [7, 11) is -2.44. The van der Waals surface area contributed by atoms with Crippen LogP contribution in [0, 0.1) is 0 Å². The Kier molecular flexibility index (Phi) is 7.07. The Morgan fingerprint density at radius 1 is 1.33 bits per heavy atom. The van der Waals surface area contributed by atoms with Gasteiger partial charge in [0.15, 0.2) is 8.24 Å². The minimum absolute atomic E-state index is 0.443. The van der Waals surface area contributed by atoms with Gasteiger partial charge in [-0.1, -0.05) is 60.3 Å². The molecule has 108 valence electrons. The van der Waals surface area contributed by atoms with Gasteiger partial charge in [-0.3, -0.25) is 0 Å². The molecule has 18 heavy (non-hydrogen) atoms. The van der Waals surface area contributed by atoms with E-state index < -0.39 is 17.2 Å². The summed E-state index contributed by atoms with van der Waals surface area (Å²) in [5, 5.41) is 0.443. The van der Waals surface area contributed by atoms with Crippen LogP contribution in [0.5, 0.6) is 0 Å². The number of hydrogen-bond acceptors (Lipinski definition) is 2. The molecule has 0 aromatic rings. The molecule has 0 amide bonds. The molecule has 0 aromatic carbocycles. The highest BCUT2D eigenvalue weighted by atomic mass is 28.3. The van der Waals surface area contributed by atoms with Crippen LogP contribution in [0.1, 0.15) is 41.5 Å². The molecule has 0 aliphatic rings. The lowest BCUT2D eigenvalue weighted by Gasteiger charge is -2.38. The fraction of sp³-hybridized carbons (Fsp3) is 0.857. The maximum atomic E-state index is 4.07. The molecule has 0 aliphatic carbocycles. The second-order valence-corrected chi connectivity index (χ2v) is 14.6. The first-order valence-corrected chi connectivity index (χ1v) is 12.2. The highest BCUT2D eigenvalue weighted by molar-refractivity contribution is 6.82. The zero-order valence-corrected chi connectivity index (χ0v) is 15.9. The van der Waals surface area contributed by atoms with Crippen molar-refractivity contribution in [3.05, 3.63) is 12.3 Å². The van der Waals surface area contributed by atoms with Crippen molar-refractivity contribution in [2.75, 3.05) is 6.54 Å². The molecule has 0 saturated heterocycles. The van der Waals surface area contributed by atoms with Crippen LogP contribution >= 0.6 is 0 Å². The molecule has 0 bridgehead atoms. The van der Waals surface area contributed by atoms with Crippen LogP contribution in [0.4, 0.5) is 0 Å². The predicted molar refractivity (Wildman–Crippen MR) is 90.2 cm³/mol. The van der Waals surface area contributed by atoms with E-state index in [1.165, 1.54) is 0 Å². The number of nitrogens with one attached hydrogen (secondary N) is 2. The normalized spacial score (nSPS) is 20.9. The molecule has 0 aliphatic heterocycles. The van der Waals surface area contributed by atoms with Crippen LogP contribution in [0.2, 0.25) is 23.7 Å². The van der Waals surface area contributed by atoms with Gasteiger partial charge < -0.3 is 9.96 Å². The molecule has 0 saturated carbocycles. The van der Waals surface area contributed by atoms with E-state index in [2.05, 4.69) is 76.9 Å². The van der Waals surface area contributed by atoms with Gasteiger partial charge in [-0.15, -0.1) is 6.58 Å². The third kappa shape index (κ3) is 4.99. The Balaban J connectivity index is 4.68. The second-order valence-electron chi connectivity index (χ2n) is 6.85. The SMILES string of the molecule is C=C[Si](C)(NCC)C(C)C(C)N[SiH](C)C(C)(C)C. The van der Waals surface area contributed by atoms with Gasteiger partial charge in [0.25, 0.3) is 0 Å². The summed E-state index contributed by atoms with van der Waals surface area (Å²) in [6.45, 7) is 23.9. The molecule has 0 fully saturated rings. The molecule has 0 rings (SSSR count). The molecular weight excluding hydrogens is 252 g/mol. The molecular formula is C14H34N2Si2. The van der Waals surface area contributed by atoms with E-state index in [0.29, 0.717) is 16.6 Å². The number of rotatable bonds is 7. The van der Waals surface area contributed by atoms with Gasteiger partial charge in [0, 0.05) is 0 Å². The van der Waals surface area contributed by atoms with Gasteiger partial charge in [0.05, 0.1) is 0 Å². The summed E-state index contributed by atoms with van der Waals surface area (Å²) in [6, 6.07) is 0.569. The van der Waals surface area contributed by atoms with Crippen molar-refractivity contribution in [1.82, 2.24) is 9.96 Å². The zero-order valence-electron chi connectivity index (χ0n) is 13.7. The minimum atomic E-state index is -1.54. The van der Waals surface area contributed by atoms with Crippen LogP contribution < -0.4 is 9.96 Å². The molecule has 4 unspecified atom stereocenters. The van der Waals surface area contributed by atoms with E-state index in [-0.39, 0.29) is 0 Å². The van der Waals surface area contributed by atoms with E-state index in [1.54, 1.807) is 0 Å². The first kappa shape index (κ1) is 18.1. The lowest BCUT2D eigenvalue weighted by atomic mass is 10.2. The molecule has 2 nitrogen and oxygen atoms in total. The van der Waals surface area contributed by atoms with Gasteiger partial charge in [0.1, 0.15) is 8.96 Å². The number of hydrogen-bond donors (Lipinski definition) is 2. The first-order chi connectivity index (χ1) is 8.08. The van der Waals surface area contributed by atoms with Crippen molar-refractivity contribution in [2.24, 2.45) is 0 Å². The summed E-state index contributed by atoms with van der Waals surface area (Å²) < 4.78 is 0. The Hall–Kier alpha value is 0.0938. The van der Waals surface area contributed by atoms with Crippen molar-refractivity contribution in [3.8, 4) is 0 Å². The maximum absolute atomic E-state index is 4.07. The molecule has 4 heteroatoms. The summed E-state index contributed by atoms with van der Waals surface area (Å²) >= 11 is 0.